The van der Waals surface area contributed by atoms with Crippen molar-refractivity contribution >= 4 is 23.1 Å². The second-order valence-corrected chi connectivity index (χ2v) is 6.83. The van der Waals surface area contributed by atoms with E-state index in [1.54, 1.807) is 28.6 Å². The van der Waals surface area contributed by atoms with Gasteiger partial charge in [0.2, 0.25) is 0 Å². The Kier molecular flexibility index (Phi) is 3.97. The molecule has 2 amide bonds. The van der Waals surface area contributed by atoms with Crippen LogP contribution in [0.25, 0.3) is 0 Å². The summed E-state index contributed by atoms with van der Waals surface area (Å²) >= 11 is 1.65. The second-order valence-electron chi connectivity index (χ2n) is 5.86. The molecule has 3 heterocycles. The highest BCUT2D eigenvalue weighted by Gasteiger charge is 2.27. The van der Waals surface area contributed by atoms with Crippen molar-refractivity contribution in [1.29, 1.82) is 0 Å². The van der Waals surface area contributed by atoms with Gasteiger partial charge in [-0.15, -0.1) is 11.3 Å². The van der Waals surface area contributed by atoms with Crippen molar-refractivity contribution in [2.45, 2.75) is 24.9 Å². The summed E-state index contributed by atoms with van der Waals surface area (Å²) in [6, 6.07) is 3.92. The number of nitrogens with zero attached hydrogens (tertiary/aromatic N) is 3. The van der Waals surface area contributed by atoms with Gasteiger partial charge in [0.05, 0.1) is 31.2 Å². The van der Waals surface area contributed by atoms with Gasteiger partial charge in [-0.05, 0) is 24.3 Å². The molecular formula is C16H18N4O2S. The zero-order valence-corrected chi connectivity index (χ0v) is 13.5. The summed E-state index contributed by atoms with van der Waals surface area (Å²) in [6.07, 6.45) is 5.68. The Balaban J connectivity index is 1.38. The molecule has 23 heavy (non-hydrogen) atoms. The van der Waals surface area contributed by atoms with Crippen molar-refractivity contribution in [2.24, 2.45) is 0 Å². The minimum absolute atomic E-state index is 0.0389. The first-order chi connectivity index (χ1) is 11.3. The van der Waals surface area contributed by atoms with E-state index in [-0.39, 0.29) is 12.1 Å². The predicted octanol–water partition coefficient (Wildman–Crippen LogP) is 3.02. The van der Waals surface area contributed by atoms with Gasteiger partial charge in [-0.2, -0.15) is 0 Å². The molecule has 1 saturated carbocycles. The molecule has 1 aliphatic carbocycles. The van der Waals surface area contributed by atoms with Crippen LogP contribution < -0.4 is 5.32 Å². The highest BCUT2D eigenvalue weighted by atomic mass is 32.1. The third-order valence-corrected chi connectivity index (χ3v) is 5.04. The van der Waals surface area contributed by atoms with Crippen LogP contribution in [0.4, 0.5) is 10.5 Å². The fourth-order valence-electron chi connectivity index (χ4n) is 2.64. The molecule has 2 fully saturated rings. The second kappa shape index (κ2) is 6.25. The maximum absolute atomic E-state index is 12.4. The number of thiophene rings is 1. The summed E-state index contributed by atoms with van der Waals surface area (Å²) < 4.78 is 5.77. The van der Waals surface area contributed by atoms with Crippen LogP contribution in [0.3, 0.4) is 0 Å². The minimum Gasteiger partial charge on any atom is -0.369 e. The lowest BCUT2D eigenvalue weighted by molar-refractivity contribution is -0.0115. The van der Waals surface area contributed by atoms with E-state index in [4.69, 9.17) is 4.74 Å². The van der Waals surface area contributed by atoms with E-state index in [2.05, 4.69) is 15.3 Å². The summed E-state index contributed by atoms with van der Waals surface area (Å²) in [4.78, 5) is 24.0. The third-order valence-electron chi connectivity index (χ3n) is 4.08. The molecule has 1 unspecified atom stereocenters. The van der Waals surface area contributed by atoms with Crippen LogP contribution in [0.2, 0.25) is 0 Å². The quantitative estimate of drug-likeness (QED) is 0.939. The first-order valence-electron chi connectivity index (χ1n) is 7.82. The average Bonchev–Trinajstić information content (AvgIpc) is 3.29. The van der Waals surface area contributed by atoms with Crippen molar-refractivity contribution in [1.82, 2.24) is 14.9 Å². The van der Waals surface area contributed by atoms with E-state index in [0.29, 0.717) is 31.3 Å². The van der Waals surface area contributed by atoms with Crippen molar-refractivity contribution in [3.63, 3.8) is 0 Å². The molecule has 0 radical (unpaired) electrons. The summed E-state index contributed by atoms with van der Waals surface area (Å²) in [5.74, 6) is 1.40. The number of hydrogen-bond donors (Lipinski definition) is 1. The van der Waals surface area contributed by atoms with E-state index in [1.807, 2.05) is 17.5 Å². The number of carbonyl (C=O) groups excluding carboxylic acids is 1. The van der Waals surface area contributed by atoms with Gasteiger partial charge >= 0.3 is 6.03 Å². The molecule has 1 N–H and O–H groups in total. The number of rotatable bonds is 3. The van der Waals surface area contributed by atoms with Gasteiger partial charge in [-0.1, -0.05) is 6.07 Å². The molecule has 120 valence electrons. The van der Waals surface area contributed by atoms with Crippen LogP contribution in [0.1, 0.15) is 35.6 Å². The van der Waals surface area contributed by atoms with Gasteiger partial charge in [-0.25, -0.2) is 14.8 Å². The van der Waals surface area contributed by atoms with E-state index in [1.165, 1.54) is 12.8 Å². The fraction of sp³-hybridized carbons (Fsp3) is 0.438. The molecule has 0 bridgehead atoms. The van der Waals surface area contributed by atoms with E-state index in [9.17, 15) is 4.79 Å². The standard InChI is InChI=1S/C16H18N4O2S/c21-16(19-12-8-17-15(18-9-12)11-3-4-11)20-5-6-22-13(10-20)14-2-1-7-23-14/h1-2,7-9,11,13H,3-6,10H2,(H,19,21). The van der Waals surface area contributed by atoms with Crippen molar-refractivity contribution in [3.8, 4) is 0 Å². The normalized spacial score (nSPS) is 21.2. The summed E-state index contributed by atoms with van der Waals surface area (Å²) in [7, 11) is 0. The Morgan fingerprint density at radius 2 is 2.17 bits per heavy atom. The molecule has 6 nitrogen and oxygen atoms in total. The topological polar surface area (TPSA) is 67.4 Å². The van der Waals surface area contributed by atoms with Crippen molar-refractivity contribution < 1.29 is 9.53 Å². The molecule has 0 spiro atoms. The van der Waals surface area contributed by atoms with E-state index >= 15 is 0 Å². The molecule has 7 heteroatoms. The monoisotopic (exact) mass is 330 g/mol. The first kappa shape index (κ1) is 14.6. The minimum atomic E-state index is -0.127. The summed E-state index contributed by atoms with van der Waals surface area (Å²) in [5, 5.41) is 4.90. The predicted molar refractivity (Wildman–Crippen MR) is 87.6 cm³/mol. The molecule has 1 atom stereocenters. The third kappa shape index (κ3) is 3.35. The Morgan fingerprint density at radius 3 is 2.87 bits per heavy atom. The highest BCUT2D eigenvalue weighted by Crippen LogP contribution is 2.37. The van der Waals surface area contributed by atoms with Gasteiger partial charge in [0, 0.05) is 17.3 Å². The van der Waals surface area contributed by atoms with Gasteiger partial charge in [0.15, 0.2) is 0 Å². The zero-order valence-electron chi connectivity index (χ0n) is 12.6. The molecule has 2 aliphatic rings. The molecule has 4 rings (SSSR count). The number of carbonyl (C=O) groups is 1. The van der Waals surface area contributed by atoms with Gasteiger partial charge in [-0.3, -0.25) is 0 Å². The largest absolute Gasteiger partial charge is 0.369 e. The Morgan fingerprint density at radius 1 is 1.35 bits per heavy atom. The zero-order chi connectivity index (χ0) is 15.6. The molecule has 1 saturated heterocycles. The van der Waals surface area contributed by atoms with Gasteiger partial charge in [0.1, 0.15) is 11.9 Å². The van der Waals surface area contributed by atoms with E-state index < -0.39 is 0 Å². The number of amides is 2. The number of hydrogen-bond acceptors (Lipinski definition) is 5. The molecule has 2 aromatic heterocycles. The Bertz CT molecular complexity index is 670. The van der Waals surface area contributed by atoms with Crippen LogP contribution in [-0.4, -0.2) is 40.6 Å². The van der Waals surface area contributed by atoms with Crippen LogP contribution in [0.5, 0.6) is 0 Å². The highest BCUT2D eigenvalue weighted by molar-refractivity contribution is 7.10. The average molecular weight is 330 g/mol. The van der Waals surface area contributed by atoms with Crippen LogP contribution in [0.15, 0.2) is 29.9 Å². The van der Waals surface area contributed by atoms with E-state index in [0.717, 1.165) is 10.7 Å². The van der Waals surface area contributed by atoms with Gasteiger partial charge in [0.25, 0.3) is 0 Å². The lowest BCUT2D eigenvalue weighted by Gasteiger charge is -2.32. The van der Waals surface area contributed by atoms with Crippen LogP contribution in [0, 0.1) is 0 Å². The lowest BCUT2D eigenvalue weighted by atomic mass is 10.2. The summed E-state index contributed by atoms with van der Waals surface area (Å²) in [6.45, 7) is 1.70. The number of nitrogens with one attached hydrogen (secondary N) is 1. The smallest absolute Gasteiger partial charge is 0.322 e. The maximum Gasteiger partial charge on any atom is 0.322 e. The van der Waals surface area contributed by atoms with Gasteiger partial charge < -0.3 is 15.0 Å². The maximum atomic E-state index is 12.4. The van der Waals surface area contributed by atoms with Crippen molar-refractivity contribution in [2.75, 3.05) is 25.0 Å². The molecular weight excluding hydrogens is 312 g/mol. The summed E-state index contributed by atoms with van der Waals surface area (Å²) in [5.41, 5.74) is 0.638. The van der Waals surface area contributed by atoms with Crippen molar-refractivity contribution in [3.05, 3.63) is 40.6 Å². The lowest BCUT2D eigenvalue weighted by Crippen LogP contribution is -2.44. The first-order valence-corrected chi connectivity index (χ1v) is 8.70. The fourth-order valence-corrected chi connectivity index (χ4v) is 3.40. The number of urea groups is 1. The molecule has 1 aliphatic heterocycles. The molecule has 2 aromatic rings. The van der Waals surface area contributed by atoms with Crippen LogP contribution >= 0.6 is 11.3 Å². The number of morpholine rings is 1. The number of ether oxygens (including phenoxy) is 1. The van der Waals surface area contributed by atoms with Crippen LogP contribution in [-0.2, 0) is 4.74 Å². The Labute approximate surface area is 138 Å². The SMILES string of the molecule is O=C(Nc1cnc(C2CC2)nc1)N1CCOC(c2cccs2)C1. The number of anilines is 1. The Hall–Kier alpha value is -1.99. The number of aromatic nitrogens is 2. The molecule has 0 aromatic carbocycles.